The summed E-state index contributed by atoms with van der Waals surface area (Å²) in [5, 5.41) is 13.7. The summed E-state index contributed by atoms with van der Waals surface area (Å²) >= 11 is 4.94. The molecule has 0 spiro atoms. The summed E-state index contributed by atoms with van der Waals surface area (Å²) < 4.78 is 13.1. The van der Waals surface area contributed by atoms with Crippen molar-refractivity contribution >= 4 is 29.4 Å². The van der Waals surface area contributed by atoms with Gasteiger partial charge in [0.05, 0.1) is 6.42 Å². The van der Waals surface area contributed by atoms with Gasteiger partial charge in [-0.3, -0.25) is 9.79 Å². The number of thiocarbonyl (C=S) groups is 1. The number of nitrogens with one attached hydrogen (secondary N) is 1. The first kappa shape index (κ1) is 16.3. The summed E-state index contributed by atoms with van der Waals surface area (Å²) in [5.41, 5.74) is 2.23. The molecule has 1 aromatic rings. The zero-order chi connectivity index (χ0) is 16.3. The molecule has 4 nitrogen and oxygen atoms in total. The van der Waals surface area contributed by atoms with Crippen LogP contribution in [0.15, 0.2) is 40.5 Å². The fourth-order valence-electron chi connectivity index (χ4n) is 2.47. The number of halogens is 1. The molecule has 1 heterocycles. The molecule has 0 saturated heterocycles. The van der Waals surface area contributed by atoms with Crippen LogP contribution in [0.3, 0.4) is 0 Å². The molecule has 0 bridgehead atoms. The van der Waals surface area contributed by atoms with Crippen LogP contribution in [0.5, 0.6) is 0 Å². The Kier molecular flexibility index (Phi) is 5.03. The number of carboxylic acids is 1. The van der Waals surface area contributed by atoms with Gasteiger partial charge in [-0.15, -0.1) is 0 Å². The minimum absolute atomic E-state index is 0.0951. The molecule has 0 radical (unpaired) electrons. The Balaban J connectivity index is 2.54. The molecule has 116 valence electrons. The van der Waals surface area contributed by atoms with E-state index >= 15 is 0 Å². The van der Waals surface area contributed by atoms with E-state index in [2.05, 4.69) is 10.3 Å². The molecule has 0 fully saturated rings. The zero-order valence-corrected chi connectivity index (χ0v) is 13.2. The number of hydrogen-bond donors (Lipinski definition) is 2. The van der Waals surface area contributed by atoms with Crippen molar-refractivity contribution in [2.24, 2.45) is 10.9 Å². The SMILES string of the molecule is CC(C)C1=C(CC(=O)O)C(c2ccc(F)cc2)N=C(C=S)N1. The topological polar surface area (TPSA) is 61.7 Å². The highest BCUT2D eigenvalue weighted by molar-refractivity contribution is 7.80. The third kappa shape index (κ3) is 3.57. The van der Waals surface area contributed by atoms with Gasteiger partial charge in [0.1, 0.15) is 17.7 Å². The molecule has 22 heavy (non-hydrogen) atoms. The van der Waals surface area contributed by atoms with E-state index < -0.39 is 12.0 Å². The van der Waals surface area contributed by atoms with Crippen molar-refractivity contribution < 1.29 is 14.3 Å². The summed E-state index contributed by atoms with van der Waals surface area (Å²) in [6.07, 6.45) is -0.128. The quantitative estimate of drug-likeness (QED) is 0.818. The van der Waals surface area contributed by atoms with Crippen molar-refractivity contribution in [3.8, 4) is 0 Å². The van der Waals surface area contributed by atoms with Crippen LogP contribution in [0.4, 0.5) is 4.39 Å². The number of benzene rings is 1. The fourth-order valence-corrected chi connectivity index (χ4v) is 2.59. The highest BCUT2D eigenvalue weighted by Crippen LogP contribution is 2.34. The molecule has 2 rings (SSSR count). The molecular formula is C16H17FN2O2S. The lowest BCUT2D eigenvalue weighted by molar-refractivity contribution is -0.136. The molecule has 1 aromatic carbocycles. The number of aliphatic imine (C=N–C) groups is 1. The predicted molar refractivity (Wildman–Crippen MR) is 87.5 cm³/mol. The normalized spacial score (nSPS) is 18.0. The predicted octanol–water partition coefficient (Wildman–Crippen LogP) is 3.25. The number of rotatable bonds is 5. The molecule has 0 aliphatic carbocycles. The van der Waals surface area contributed by atoms with Gasteiger partial charge in [-0.05, 0) is 29.2 Å². The smallest absolute Gasteiger partial charge is 0.307 e. The van der Waals surface area contributed by atoms with E-state index in [0.717, 1.165) is 11.3 Å². The molecular weight excluding hydrogens is 303 g/mol. The second-order valence-electron chi connectivity index (χ2n) is 5.38. The highest BCUT2D eigenvalue weighted by Gasteiger charge is 2.28. The lowest BCUT2D eigenvalue weighted by Crippen LogP contribution is -2.33. The summed E-state index contributed by atoms with van der Waals surface area (Å²) in [5.74, 6) is -0.660. The molecule has 1 aliphatic heterocycles. The number of carboxylic acid groups (broad SMARTS) is 1. The minimum atomic E-state index is -0.928. The van der Waals surface area contributed by atoms with E-state index in [0.29, 0.717) is 11.4 Å². The summed E-state index contributed by atoms with van der Waals surface area (Å²) in [6, 6.07) is 5.46. The lowest BCUT2D eigenvalue weighted by Gasteiger charge is -2.29. The Hall–Kier alpha value is -2.08. The van der Waals surface area contributed by atoms with Crippen LogP contribution in [0, 0.1) is 11.7 Å². The average Bonchev–Trinajstić information content (AvgIpc) is 2.47. The number of carbonyl (C=O) groups is 1. The lowest BCUT2D eigenvalue weighted by atomic mass is 9.90. The van der Waals surface area contributed by atoms with Crippen molar-refractivity contribution in [1.82, 2.24) is 5.32 Å². The number of aliphatic carboxylic acids is 1. The van der Waals surface area contributed by atoms with Crippen LogP contribution in [0.2, 0.25) is 0 Å². The van der Waals surface area contributed by atoms with Crippen molar-refractivity contribution in [2.45, 2.75) is 26.3 Å². The van der Waals surface area contributed by atoms with Crippen LogP contribution in [-0.4, -0.2) is 22.3 Å². The van der Waals surface area contributed by atoms with E-state index in [9.17, 15) is 14.3 Å². The number of nitrogens with zero attached hydrogens (tertiary/aromatic N) is 1. The van der Waals surface area contributed by atoms with Gasteiger partial charge in [-0.2, -0.15) is 0 Å². The van der Waals surface area contributed by atoms with Crippen molar-refractivity contribution in [3.63, 3.8) is 0 Å². The number of hydrogen-bond acceptors (Lipinski definition) is 4. The van der Waals surface area contributed by atoms with Crippen LogP contribution in [0.1, 0.15) is 31.9 Å². The third-order valence-corrected chi connectivity index (χ3v) is 3.65. The van der Waals surface area contributed by atoms with Gasteiger partial charge in [0.25, 0.3) is 0 Å². The average molecular weight is 320 g/mol. The molecule has 1 atom stereocenters. The van der Waals surface area contributed by atoms with Gasteiger partial charge < -0.3 is 10.4 Å². The second kappa shape index (κ2) is 6.79. The standard InChI is InChI=1S/C16H17FN2O2S/c1-9(2)15-12(7-14(20)21)16(19-13(8-22)18-15)10-3-5-11(17)6-4-10/h3-6,8-9,16H,7H2,1-2H3,(H,18,19)(H,20,21). The van der Waals surface area contributed by atoms with E-state index in [1.165, 1.54) is 17.5 Å². The summed E-state index contributed by atoms with van der Waals surface area (Å²) in [6.45, 7) is 3.94. The van der Waals surface area contributed by atoms with Crippen LogP contribution in [0.25, 0.3) is 0 Å². The molecule has 6 heteroatoms. The highest BCUT2D eigenvalue weighted by atomic mass is 32.1. The molecule has 1 aliphatic rings. The first-order chi connectivity index (χ1) is 10.4. The van der Waals surface area contributed by atoms with Crippen LogP contribution >= 0.6 is 12.2 Å². The Morgan fingerprint density at radius 1 is 1.45 bits per heavy atom. The van der Waals surface area contributed by atoms with Gasteiger partial charge in [0, 0.05) is 11.1 Å². The van der Waals surface area contributed by atoms with Crippen molar-refractivity contribution in [1.29, 1.82) is 0 Å². The largest absolute Gasteiger partial charge is 0.481 e. The summed E-state index contributed by atoms with van der Waals surface area (Å²) in [4.78, 5) is 15.7. The van der Waals surface area contributed by atoms with E-state index in [4.69, 9.17) is 12.2 Å². The zero-order valence-electron chi connectivity index (χ0n) is 12.3. The monoisotopic (exact) mass is 320 g/mol. The fraction of sp³-hybridized carbons (Fsp3) is 0.312. The molecule has 0 saturated carbocycles. The Morgan fingerprint density at radius 2 is 2.09 bits per heavy atom. The van der Waals surface area contributed by atoms with Gasteiger partial charge >= 0.3 is 5.97 Å². The molecule has 1 unspecified atom stereocenters. The molecule has 0 amide bonds. The van der Waals surface area contributed by atoms with E-state index in [1.807, 2.05) is 13.8 Å². The minimum Gasteiger partial charge on any atom is -0.481 e. The van der Waals surface area contributed by atoms with Crippen molar-refractivity contribution in [3.05, 3.63) is 46.9 Å². The Bertz CT molecular complexity index is 651. The maximum atomic E-state index is 13.1. The van der Waals surface area contributed by atoms with Gasteiger partial charge in [0.15, 0.2) is 0 Å². The van der Waals surface area contributed by atoms with E-state index in [1.54, 1.807) is 12.1 Å². The van der Waals surface area contributed by atoms with Gasteiger partial charge in [0.2, 0.25) is 0 Å². The van der Waals surface area contributed by atoms with Gasteiger partial charge in [-0.25, -0.2) is 4.39 Å². The Labute approximate surface area is 133 Å². The molecule has 2 N–H and O–H groups in total. The maximum absolute atomic E-state index is 13.1. The second-order valence-corrected chi connectivity index (χ2v) is 5.61. The first-order valence-electron chi connectivity index (χ1n) is 6.92. The number of allylic oxidation sites excluding steroid dienone is 1. The summed E-state index contributed by atoms with van der Waals surface area (Å²) in [7, 11) is 0. The van der Waals surface area contributed by atoms with Gasteiger partial charge in [-0.1, -0.05) is 38.2 Å². The van der Waals surface area contributed by atoms with Crippen molar-refractivity contribution in [2.75, 3.05) is 0 Å². The maximum Gasteiger partial charge on any atom is 0.307 e. The van der Waals surface area contributed by atoms with Crippen LogP contribution in [-0.2, 0) is 4.79 Å². The van der Waals surface area contributed by atoms with E-state index in [-0.39, 0.29) is 18.2 Å². The molecule has 0 aromatic heterocycles. The Morgan fingerprint density at radius 3 is 2.59 bits per heavy atom. The first-order valence-corrected chi connectivity index (χ1v) is 7.39. The number of amidine groups is 1. The third-order valence-electron chi connectivity index (χ3n) is 3.42. The van der Waals surface area contributed by atoms with Crippen LogP contribution < -0.4 is 5.32 Å².